The van der Waals surface area contributed by atoms with Crippen LogP contribution in [0.3, 0.4) is 0 Å². The number of hydrogen-bond acceptors (Lipinski definition) is 1. The molecule has 0 N–H and O–H groups in total. The van der Waals surface area contributed by atoms with Crippen molar-refractivity contribution in [3.8, 4) is 0 Å². The molecule has 3 aliphatic carbocycles. The summed E-state index contributed by atoms with van der Waals surface area (Å²) in [4.78, 5) is 0. The quantitative estimate of drug-likeness (QED) is 0.235. The number of ether oxygens (including phenoxy) is 1. The Balaban J connectivity index is 0.000000780. The Kier molecular flexibility index (Phi) is 19.6. The molecular weight excluding hydrogens is 578 g/mol. The van der Waals surface area contributed by atoms with Gasteiger partial charge in [0, 0.05) is 13.2 Å². The van der Waals surface area contributed by atoms with Crippen molar-refractivity contribution < 1.29 is 30.6 Å². The van der Waals surface area contributed by atoms with E-state index in [1.807, 2.05) is 0 Å². The second kappa shape index (κ2) is 19.5. The molecular formula is C36H65OScSi3. The van der Waals surface area contributed by atoms with Gasteiger partial charge in [-0.3, -0.25) is 0 Å². The first-order valence-corrected chi connectivity index (χ1v) is 26.5. The van der Waals surface area contributed by atoms with E-state index in [9.17, 15) is 0 Å². The maximum absolute atomic E-state index is 4.94. The van der Waals surface area contributed by atoms with Crippen LogP contribution in [0.25, 0.3) is 0 Å². The van der Waals surface area contributed by atoms with Gasteiger partial charge in [0.1, 0.15) is 0 Å². The normalized spacial score (nSPS) is 25.2. The third-order valence-electron chi connectivity index (χ3n) is 8.05. The summed E-state index contributed by atoms with van der Waals surface area (Å²) in [6.45, 7) is 28.4. The van der Waals surface area contributed by atoms with Crippen LogP contribution in [0.1, 0.15) is 50.5 Å². The molecule has 1 nitrogen and oxygen atoms in total. The molecule has 230 valence electrons. The summed E-state index contributed by atoms with van der Waals surface area (Å²) >= 11 is 0. The van der Waals surface area contributed by atoms with Crippen LogP contribution >= 0.6 is 0 Å². The van der Waals surface area contributed by atoms with Crippen molar-refractivity contribution in [2.75, 3.05) is 13.2 Å². The number of fused-ring (bicyclic) bond motifs is 1. The zero-order valence-corrected chi connectivity index (χ0v) is 33.4. The molecule has 1 heterocycles. The monoisotopic (exact) mass is 642 g/mol. The summed E-state index contributed by atoms with van der Waals surface area (Å²) in [5.74, 6) is 3.64. The molecule has 1 saturated heterocycles. The summed E-state index contributed by atoms with van der Waals surface area (Å²) in [5.41, 5.74) is 2.51. The van der Waals surface area contributed by atoms with Crippen molar-refractivity contribution >= 4 is 24.2 Å². The van der Waals surface area contributed by atoms with Crippen molar-refractivity contribution in [2.45, 2.75) is 109 Å². The first kappa shape index (κ1) is 41.2. The molecule has 4 unspecified atom stereocenters. The van der Waals surface area contributed by atoms with Crippen molar-refractivity contribution in [3.63, 3.8) is 0 Å². The Morgan fingerprint density at radius 1 is 0.732 bits per heavy atom. The summed E-state index contributed by atoms with van der Waals surface area (Å²) in [6, 6.07) is 12.6. The van der Waals surface area contributed by atoms with E-state index in [2.05, 4.69) is 120 Å². The van der Waals surface area contributed by atoms with Gasteiger partial charge in [0.15, 0.2) is 0 Å². The van der Waals surface area contributed by atoms with Gasteiger partial charge in [0.05, 0.1) is 8.07 Å². The van der Waals surface area contributed by atoms with E-state index in [0.29, 0.717) is 0 Å². The number of hydrogen-bond donors (Lipinski definition) is 0. The fraction of sp³-hybridized carbons (Fsp3) is 0.639. The average molecular weight is 643 g/mol. The molecule has 1 aromatic rings. The number of allylic oxidation sites excluding steroid dienone is 4. The maximum atomic E-state index is 4.94. The Morgan fingerprint density at radius 2 is 1.20 bits per heavy atom. The Hall–Kier alpha value is 0.181. The van der Waals surface area contributed by atoms with Crippen LogP contribution in [0, 0.1) is 44.2 Å². The van der Waals surface area contributed by atoms with Crippen LogP contribution in [-0.2, 0) is 36.6 Å². The smallest absolute Gasteiger partial charge is 0.381 e. The molecule has 5 heteroatoms. The van der Waals surface area contributed by atoms with Crippen LogP contribution in [0.15, 0.2) is 54.6 Å². The Bertz CT molecular complexity index is 827. The largest absolute Gasteiger partial charge is 3.00 e. The van der Waals surface area contributed by atoms with Gasteiger partial charge in [-0.15, -0.1) is 16.1 Å². The van der Waals surface area contributed by atoms with E-state index in [0.717, 1.165) is 42.4 Å². The van der Waals surface area contributed by atoms with Gasteiger partial charge in [-0.25, -0.2) is 0 Å². The molecule has 41 heavy (non-hydrogen) atoms. The number of benzene rings is 1. The maximum Gasteiger partial charge on any atom is 3.00 e. The first-order valence-electron chi connectivity index (χ1n) is 15.8. The topological polar surface area (TPSA) is 9.23 Å². The molecule has 0 amide bonds. The Morgan fingerprint density at radius 3 is 1.63 bits per heavy atom. The standard InChI is InChI=1S/C23H32Si.C4H8O.2C4H11Si.CH3.Sc/c1-24(2,17-18-10-4-3-5-11-18)23-16-22(19-12-6-7-13-19)20-14-8-9-15-21(20)23;1-2-4-5-3-1;2*1-5(2,3)4;;/h3-5,8-11,14-15,19-23H,6-7,12-13,16-17H2,1-2H3;1-4H2;2*1H2,2-4H3;1H3;/q;;3*-1;+3. The summed E-state index contributed by atoms with van der Waals surface area (Å²) < 4.78 is 4.94. The van der Waals surface area contributed by atoms with Gasteiger partial charge in [-0.05, 0) is 54.5 Å². The molecule has 0 radical (unpaired) electrons. The van der Waals surface area contributed by atoms with E-state index in [-0.39, 0.29) is 33.3 Å². The van der Waals surface area contributed by atoms with E-state index in [1.165, 1.54) is 51.0 Å². The van der Waals surface area contributed by atoms with E-state index >= 15 is 0 Å². The van der Waals surface area contributed by atoms with Gasteiger partial charge in [0.25, 0.3) is 0 Å². The van der Waals surface area contributed by atoms with Crippen LogP contribution in [0.4, 0.5) is 0 Å². The SMILES string of the molecule is C1CCOC1.C[Si](C)(Cc1ccccc1)C1CC(C2CCCC2)C2C=CC=CC21.[CH2-][Si](C)(C)C.[CH2-][Si](C)(C)C.[CH3-].[Sc+3]. The predicted molar refractivity (Wildman–Crippen MR) is 191 cm³/mol. The fourth-order valence-corrected chi connectivity index (χ4v) is 10.4. The average Bonchev–Trinajstić information content (AvgIpc) is 3.60. The van der Waals surface area contributed by atoms with Crippen LogP contribution in [0.5, 0.6) is 0 Å². The minimum absolute atomic E-state index is 0. The van der Waals surface area contributed by atoms with Crippen molar-refractivity contribution in [1.29, 1.82) is 0 Å². The minimum Gasteiger partial charge on any atom is -0.381 e. The second-order valence-corrected chi connectivity index (χ2v) is 30.9. The van der Waals surface area contributed by atoms with E-state index < -0.39 is 24.2 Å². The van der Waals surface area contributed by atoms with Gasteiger partial charge in [-0.1, -0.05) is 138 Å². The van der Waals surface area contributed by atoms with E-state index in [1.54, 1.807) is 5.56 Å². The van der Waals surface area contributed by atoms with Crippen molar-refractivity contribution in [3.05, 3.63) is 80.7 Å². The molecule has 0 aromatic heterocycles. The van der Waals surface area contributed by atoms with Crippen LogP contribution in [-0.4, -0.2) is 37.4 Å². The summed E-state index contributed by atoms with van der Waals surface area (Å²) in [7, 11) is -3.02. The predicted octanol–water partition coefficient (Wildman–Crippen LogP) is 11.1. The zero-order chi connectivity index (χ0) is 29.1. The van der Waals surface area contributed by atoms with Gasteiger partial charge < -0.3 is 25.3 Å². The number of rotatable bonds is 4. The third-order valence-corrected chi connectivity index (χ3v) is 12.0. The molecule has 4 atom stereocenters. The summed E-state index contributed by atoms with van der Waals surface area (Å²) in [6.07, 6.45) is 19.8. The molecule has 3 fully saturated rings. The van der Waals surface area contributed by atoms with Crippen LogP contribution < -0.4 is 0 Å². The fourth-order valence-electron chi connectivity index (χ4n) is 6.58. The molecule has 0 spiro atoms. The van der Waals surface area contributed by atoms with Gasteiger partial charge >= 0.3 is 25.8 Å². The molecule has 4 aliphatic rings. The molecule has 0 bridgehead atoms. The Labute approximate surface area is 279 Å². The molecule has 5 rings (SSSR count). The first-order chi connectivity index (χ1) is 18.1. The van der Waals surface area contributed by atoms with Gasteiger partial charge in [0.2, 0.25) is 0 Å². The zero-order valence-electron chi connectivity index (χ0n) is 28.6. The minimum atomic E-state index is -1.30. The summed E-state index contributed by atoms with van der Waals surface area (Å²) in [5, 5.41) is 0. The van der Waals surface area contributed by atoms with Crippen molar-refractivity contribution in [1.82, 2.24) is 0 Å². The van der Waals surface area contributed by atoms with E-state index in [4.69, 9.17) is 4.74 Å². The van der Waals surface area contributed by atoms with Crippen LogP contribution in [0.2, 0.25) is 57.9 Å². The van der Waals surface area contributed by atoms with Crippen molar-refractivity contribution in [2.24, 2.45) is 23.7 Å². The second-order valence-electron chi connectivity index (χ2n) is 15.6. The molecule has 1 aliphatic heterocycles. The molecule has 2 saturated carbocycles. The molecule has 1 aromatic carbocycles. The third kappa shape index (κ3) is 17.3. The van der Waals surface area contributed by atoms with Gasteiger partial charge in [-0.2, -0.15) is 0 Å².